The number of piperidine rings is 1. The Morgan fingerprint density at radius 3 is 3.00 bits per heavy atom. The molecule has 4 heteroatoms. The van der Waals surface area contributed by atoms with E-state index in [1.807, 2.05) is 41.1 Å². The number of pyridine rings is 1. The van der Waals surface area contributed by atoms with E-state index in [4.69, 9.17) is 0 Å². The van der Waals surface area contributed by atoms with Crippen LogP contribution in [-0.4, -0.2) is 40.9 Å². The van der Waals surface area contributed by atoms with Crippen LogP contribution < -0.4 is 5.32 Å². The molecule has 4 rings (SSSR count). The van der Waals surface area contributed by atoms with Crippen molar-refractivity contribution in [2.24, 2.45) is 5.92 Å². The maximum Gasteiger partial charge on any atom is 0.251 e. The molecule has 2 aromatic rings. The van der Waals surface area contributed by atoms with Gasteiger partial charge in [0, 0.05) is 42.6 Å². The molecule has 4 nitrogen and oxygen atoms in total. The van der Waals surface area contributed by atoms with E-state index in [1.54, 1.807) is 0 Å². The van der Waals surface area contributed by atoms with Gasteiger partial charge in [-0.15, -0.1) is 0 Å². The van der Waals surface area contributed by atoms with Crippen molar-refractivity contribution in [2.45, 2.75) is 12.5 Å². The number of carbonyl (C=O) groups is 1. The van der Waals surface area contributed by atoms with Crippen molar-refractivity contribution < 1.29 is 4.79 Å². The van der Waals surface area contributed by atoms with Crippen molar-refractivity contribution in [3.8, 4) is 0 Å². The molecule has 2 aromatic heterocycles. The average molecular weight is 255 g/mol. The summed E-state index contributed by atoms with van der Waals surface area (Å²) >= 11 is 0. The van der Waals surface area contributed by atoms with Crippen LogP contribution in [0.15, 0.2) is 36.7 Å². The van der Waals surface area contributed by atoms with Crippen LogP contribution in [-0.2, 0) is 0 Å². The lowest BCUT2D eigenvalue weighted by molar-refractivity contribution is 0.0924. The van der Waals surface area contributed by atoms with Crippen LogP contribution >= 0.6 is 0 Å². The van der Waals surface area contributed by atoms with Gasteiger partial charge in [0.15, 0.2) is 0 Å². The molecule has 98 valence electrons. The minimum Gasteiger partial charge on any atom is -0.348 e. The Morgan fingerprint density at radius 2 is 2.21 bits per heavy atom. The fourth-order valence-corrected chi connectivity index (χ4v) is 3.37. The van der Waals surface area contributed by atoms with Gasteiger partial charge in [-0.3, -0.25) is 4.79 Å². The molecule has 0 saturated carbocycles. The molecule has 4 heterocycles. The number of hydrogen-bond acceptors (Lipinski definition) is 2. The van der Waals surface area contributed by atoms with Crippen LogP contribution in [0.1, 0.15) is 16.8 Å². The van der Waals surface area contributed by atoms with E-state index in [-0.39, 0.29) is 5.91 Å². The number of rotatable bonds is 2. The predicted molar refractivity (Wildman–Crippen MR) is 73.2 cm³/mol. The fraction of sp³-hybridized carbons (Fsp3) is 0.400. The first-order valence-electron chi connectivity index (χ1n) is 6.89. The summed E-state index contributed by atoms with van der Waals surface area (Å²) in [6.07, 6.45) is 5.15. The van der Waals surface area contributed by atoms with E-state index in [0.29, 0.717) is 12.0 Å². The number of nitrogens with zero attached hydrogens (tertiary/aromatic N) is 2. The summed E-state index contributed by atoms with van der Waals surface area (Å²) in [7, 11) is 0. The number of hydrogen-bond donors (Lipinski definition) is 1. The van der Waals surface area contributed by atoms with Crippen LogP contribution in [0.5, 0.6) is 0 Å². The number of nitrogens with one attached hydrogen (secondary N) is 1. The van der Waals surface area contributed by atoms with Gasteiger partial charge in [0.1, 0.15) is 0 Å². The van der Waals surface area contributed by atoms with Gasteiger partial charge in [-0.1, -0.05) is 0 Å². The molecule has 0 spiro atoms. The Hall–Kier alpha value is -1.81. The standard InChI is InChI=1S/C15H17N3O/c19-15(16-14-10-17-6-3-12(14)9-17)11-4-7-18-5-1-2-13(18)8-11/h1-2,4-5,7-8,12,14H,3,6,9-10H2,(H,16,19)/t12-,14-/m0/s1. The number of aromatic nitrogens is 1. The molecule has 1 amide bonds. The third-order valence-corrected chi connectivity index (χ3v) is 4.44. The first-order valence-corrected chi connectivity index (χ1v) is 6.89. The first kappa shape index (κ1) is 11.1. The Balaban J connectivity index is 1.53. The topological polar surface area (TPSA) is 36.8 Å². The summed E-state index contributed by atoms with van der Waals surface area (Å²) in [5, 5.41) is 3.19. The Kier molecular flexibility index (Phi) is 2.38. The third kappa shape index (κ3) is 1.83. The molecule has 2 bridgehead atoms. The summed E-state index contributed by atoms with van der Waals surface area (Å²) in [5.41, 5.74) is 1.81. The van der Waals surface area contributed by atoms with Gasteiger partial charge in [0.2, 0.25) is 0 Å². The molecule has 2 aliphatic heterocycles. The Morgan fingerprint density at radius 1 is 1.26 bits per heavy atom. The van der Waals surface area contributed by atoms with Gasteiger partial charge in [0.25, 0.3) is 5.91 Å². The fourth-order valence-electron chi connectivity index (χ4n) is 3.37. The summed E-state index contributed by atoms with van der Waals surface area (Å²) in [5.74, 6) is 0.712. The molecular formula is C15H17N3O. The second kappa shape index (κ2) is 4.10. The normalized spacial score (nSPS) is 28.9. The lowest BCUT2D eigenvalue weighted by Gasteiger charge is -2.23. The molecule has 1 N–H and O–H groups in total. The second-order valence-corrected chi connectivity index (χ2v) is 5.64. The molecule has 0 radical (unpaired) electrons. The third-order valence-electron chi connectivity index (χ3n) is 4.44. The zero-order chi connectivity index (χ0) is 12.8. The molecule has 1 unspecified atom stereocenters. The van der Waals surface area contributed by atoms with Crippen LogP contribution in [0.4, 0.5) is 0 Å². The quantitative estimate of drug-likeness (QED) is 0.880. The van der Waals surface area contributed by atoms with Gasteiger partial charge in [-0.05, 0) is 43.1 Å². The van der Waals surface area contributed by atoms with E-state index in [0.717, 1.165) is 24.2 Å². The predicted octanol–water partition coefficient (Wildman–Crippen LogP) is 1.37. The van der Waals surface area contributed by atoms with Crippen molar-refractivity contribution >= 4 is 11.4 Å². The van der Waals surface area contributed by atoms with Gasteiger partial charge in [-0.25, -0.2) is 0 Å². The van der Waals surface area contributed by atoms with Crippen LogP contribution in [0.25, 0.3) is 5.52 Å². The van der Waals surface area contributed by atoms with Gasteiger partial charge >= 0.3 is 0 Å². The minimum atomic E-state index is 0.0578. The van der Waals surface area contributed by atoms with Crippen LogP contribution in [0, 0.1) is 5.92 Å². The highest BCUT2D eigenvalue weighted by molar-refractivity contribution is 5.95. The molecule has 2 saturated heterocycles. The summed E-state index contributed by atoms with van der Waals surface area (Å²) in [4.78, 5) is 14.7. The van der Waals surface area contributed by atoms with E-state index in [2.05, 4.69) is 10.2 Å². The summed E-state index contributed by atoms with van der Waals surface area (Å²) in [6, 6.07) is 8.17. The van der Waals surface area contributed by atoms with E-state index in [9.17, 15) is 4.79 Å². The van der Waals surface area contributed by atoms with E-state index < -0.39 is 0 Å². The highest BCUT2D eigenvalue weighted by Crippen LogP contribution is 2.27. The molecule has 2 aliphatic rings. The molecule has 3 atom stereocenters. The molecular weight excluding hydrogens is 238 g/mol. The number of carbonyl (C=O) groups excluding carboxylic acids is 1. The lowest BCUT2D eigenvalue weighted by Crippen LogP contribution is -2.43. The highest BCUT2D eigenvalue weighted by atomic mass is 16.1. The largest absolute Gasteiger partial charge is 0.348 e. The second-order valence-electron chi connectivity index (χ2n) is 5.64. The molecule has 2 fully saturated rings. The first-order chi connectivity index (χ1) is 9.29. The van der Waals surface area contributed by atoms with Gasteiger partial charge in [0.05, 0.1) is 0 Å². The smallest absolute Gasteiger partial charge is 0.251 e. The molecule has 0 aliphatic carbocycles. The van der Waals surface area contributed by atoms with Crippen molar-refractivity contribution in [1.29, 1.82) is 0 Å². The van der Waals surface area contributed by atoms with Crippen molar-refractivity contribution in [3.63, 3.8) is 0 Å². The zero-order valence-corrected chi connectivity index (χ0v) is 10.7. The maximum atomic E-state index is 12.3. The minimum absolute atomic E-state index is 0.0578. The Labute approximate surface area is 112 Å². The number of amides is 1. The SMILES string of the molecule is O=C(N[C@H]1CN2CC[C@H]1C2)c1ccn2cccc2c1. The van der Waals surface area contributed by atoms with Crippen molar-refractivity contribution in [2.75, 3.05) is 19.6 Å². The molecule has 19 heavy (non-hydrogen) atoms. The van der Waals surface area contributed by atoms with E-state index >= 15 is 0 Å². The van der Waals surface area contributed by atoms with Gasteiger partial charge in [-0.2, -0.15) is 0 Å². The Bertz CT molecular complexity index is 633. The average Bonchev–Trinajstić information content (AvgIpc) is 3.13. The maximum absolute atomic E-state index is 12.3. The monoisotopic (exact) mass is 255 g/mol. The van der Waals surface area contributed by atoms with E-state index in [1.165, 1.54) is 13.0 Å². The van der Waals surface area contributed by atoms with Crippen LogP contribution in [0.2, 0.25) is 0 Å². The van der Waals surface area contributed by atoms with Gasteiger partial charge < -0.3 is 14.6 Å². The zero-order valence-electron chi connectivity index (χ0n) is 10.7. The van der Waals surface area contributed by atoms with Crippen LogP contribution in [0.3, 0.4) is 0 Å². The summed E-state index contributed by atoms with van der Waals surface area (Å²) in [6.45, 7) is 3.37. The number of fused-ring (bicyclic) bond motifs is 3. The summed E-state index contributed by atoms with van der Waals surface area (Å²) < 4.78 is 2.01. The highest BCUT2D eigenvalue weighted by Gasteiger charge is 2.38. The lowest BCUT2D eigenvalue weighted by atomic mass is 10.00. The van der Waals surface area contributed by atoms with Crippen molar-refractivity contribution in [1.82, 2.24) is 14.6 Å². The van der Waals surface area contributed by atoms with Crippen molar-refractivity contribution in [3.05, 3.63) is 42.2 Å². The molecule has 0 aromatic carbocycles.